The van der Waals surface area contributed by atoms with Gasteiger partial charge >= 0.3 is 0 Å². The molecule has 100 valence electrons. The highest BCUT2D eigenvalue weighted by Gasteiger charge is 2.21. The second-order valence-corrected chi connectivity index (χ2v) is 5.44. The van der Waals surface area contributed by atoms with E-state index in [-0.39, 0.29) is 12.3 Å². The molecule has 0 fully saturated rings. The van der Waals surface area contributed by atoms with Gasteiger partial charge in [0.05, 0.1) is 16.6 Å². The van der Waals surface area contributed by atoms with Gasteiger partial charge in [0, 0.05) is 0 Å². The summed E-state index contributed by atoms with van der Waals surface area (Å²) in [7, 11) is 0. The molecule has 1 aliphatic rings. The first-order valence-electron chi connectivity index (χ1n) is 6.27. The standard InChI is InChI=1S/C13H14BrN3O2/c14-11-8-4-2-1-3-7(8)5-9(12(11)18)13-16-10(6-15)19-17-13/h5,18H,1-4,6,15H2. The number of phenols is 1. The summed E-state index contributed by atoms with van der Waals surface area (Å²) in [5.74, 6) is 0.917. The van der Waals surface area contributed by atoms with Crippen molar-refractivity contribution in [2.24, 2.45) is 5.73 Å². The first-order chi connectivity index (χ1) is 9.20. The second-order valence-electron chi connectivity index (χ2n) is 4.65. The van der Waals surface area contributed by atoms with Crippen LogP contribution in [-0.4, -0.2) is 15.2 Å². The number of phenolic OH excluding ortho intramolecular Hbond substituents is 1. The van der Waals surface area contributed by atoms with Crippen LogP contribution in [0.5, 0.6) is 5.75 Å². The number of hydrogen-bond acceptors (Lipinski definition) is 5. The van der Waals surface area contributed by atoms with E-state index in [4.69, 9.17) is 10.3 Å². The van der Waals surface area contributed by atoms with Crippen molar-refractivity contribution < 1.29 is 9.63 Å². The number of aromatic nitrogens is 2. The van der Waals surface area contributed by atoms with E-state index < -0.39 is 0 Å². The molecule has 3 N–H and O–H groups in total. The molecule has 3 rings (SSSR count). The van der Waals surface area contributed by atoms with Crippen LogP contribution in [0.4, 0.5) is 0 Å². The van der Waals surface area contributed by atoms with Crippen molar-refractivity contribution in [3.63, 3.8) is 0 Å². The molecule has 6 heteroatoms. The van der Waals surface area contributed by atoms with Crippen molar-refractivity contribution >= 4 is 15.9 Å². The Balaban J connectivity index is 2.13. The maximum Gasteiger partial charge on any atom is 0.240 e. The van der Waals surface area contributed by atoms with Gasteiger partial charge in [-0.3, -0.25) is 0 Å². The number of hydrogen-bond donors (Lipinski definition) is 2. The zero-order chi connectivity index (χ0) is 13.4. The van der Waals surface area contributed by atoms with Gasteiger partial charge in [-0.2, -0.15) is 4.98 Å². The van der Waals surface area contributed by atoms with Crippen molar-refractivity contribution in [2.45, 2.75) is 32.2 Å². The van der Waals surface area contributed by atoms with Crippen LogP contribution in [0.25, 0.3) is 11.4 Å². The van der Waals surface area contributed by atoms with Gasteiger partial charge in [0.15, 0.2) is 0 Å². The van der Waals surface area contributed by atoms with Crippen molar-refractivity contribution in [1.29, 1.82) is 0 Å². The molecule has 0 saturated heterocycles. The average Bonchev–Trinajstić information content (AvgIpc) is 2.91. The minimum atomic E-state index is 0.171. The summed E-state index contributed by atoms with van der Waals surface area (Å²) in [6, 6.07) is 1.96. The Morgan fingerprint density at radius 3 is 2.89 bits per heavy atom. The third-order valence-electron chi connectivity index (χ3n) is 3.44. The predicted octanol–water partition coefficient (Wildman–Crippen LogP) is 2.54. The first-order valence-corrected chi connectivity index (χ1v) is 7.06. The molecule has 0 atom stereocenters. The summed E-state index contributed by atoms with van der Waals surface area (Å²) >= 11 is 3.48. The van der Waals surface area contributed by atoms with Gasteiger partial charge in [-0.25, -0.2) is 0 Å². The highest BCUT2D eigenvalue weighted by molar-refractivity contribution is 9.10. The average molecular weight is 324 g/mol. The van der Waals surface area contributed by atoms with Gasteiger partial charge in [0.1, 0.15) is 5.75 Å². The molecule has 2 aromatic rings. The summed E-state index contributed by atoms with van der Waals surface area (Å²) in [5, 5.41) is 14.2. The molecule has 19 heavy (non-hydrogen) atoms. The van der Waals surface area contributed by atoms with Crippen LogP contribution in [0.15, 0.2) is 15.1 Å². The Bertz CT molecular complexity index is 625. The van der Waals surface area contributed by atoms with Crippen LogP contribution < -0.4 is 5.73 Å². The van der Waals surface area contributed by atoms with Gasteiger partial charge in [-0.05, 0) is 58.8 Å². The van der Waals surface area contributed by atoms with Gasteiger partial charge < -0.3 is 15.4 Å². The van der Waals surface area contributed by atoms with E-state index >= 15 is 0 Å². The molecule has 1 aromatic carbocycles. The monoisotopic (exact) mass is 323 g/mol. The lowest BCUT2D eigenvalue weighted by atomic mass is 9.90. The minimum Gasteiger partial charge on any atom is -0.506 e. The fraction of sp³-hybridized carbons (Fsp3) is 0.385. The number of benzene rings is 1. The molecule has 0 saturated carbocycles. The molecule has 0 spiro atoms. The Morgan fingerprint density at radius 1 is 1.37 bits per heavy atom. The molecule has 5 nitrogen and oxygen atoms in total. The highest BCUT2D eigenvalue weighted by Crippen LogP contribution is 2.41. The number of fused-ring (bicyclic) bond motifs is 1. The lowest BCUT2D eigenvalue weighted by Crippen LogP contribution is -2.04. The Labute approximate surface area is 118 Å². The topological polar surface area (TPSA) is 85.2 Å². The maximum absolute atomic E-state index is 10.3. The van der Waals surface area contributed by atoms with Crippen LogP contribution in [0.2, 0.25) is 0 Å². The summed E-state index contributed by atoms with van der Waals surface area (Å²) < 4.78 is 5.74. The summed E-state index contributed by atoms with van der Waals surface area (Å²) in [4.78, 5) is 4.17. The first kappa shape index (κ1) is 12.6. The Morgan fingerprint density at radius 2 is 2.16 bits per heavy atom. The highest BCUT2D eigenvalue weighted by atomic mass is 79.9. The Hall–Kier alpha value is -1.40. The lowest BCUT2D eigenvalue weighted by Gasteiger charge is -2.19. The fourth-order valence-corrected chi connectivity index (χ4v) is 3.13. The summed E-state index contributed by atoms with van der Waals surface area (Å²) in [6.07, 6.45) is 4.33. The van der Waals surface area contributed by atoms with E-state index in [1.165, 1.54) is 17.5 Å². The number of aryl methyl sites for hydroxylation is 1. The van der Waals surface area contributed by atoms with Crippen LogP contribution in [0.3, 0.4) is 0 Å². The van der Waals surface area contributed by atoms with Crippen LogP contribution in [0, 0.1) is 0 Å². The molecule has 1 heterocycles. The molecule has 0 aliphatic heterocycles. The summed E-state index contributed by atoms with van der Waals surface area (Å²) in [6.45, 7) is 0.194. The molecule has 1 aliphatic carbocycles. The van der Waals surface area contributed by atoms with E-state index in [9.17, 15) is 5.11 Å². The number of nitrogens with zero attached hydrogens (tertiary/aromatic N) is 2. The van der Waals surface area contributed by atoms with Crippen molar-refractivity contribution in [3.05, 3.63) is 27.6 Å². The molecule has 0 bridgehead atoms. The largest absolute Gasteiger partial charge is 0.506 e. The smallest absolute Gasteiger partial charge is 0.240 e. The number of halogens is 1. The van der Waals surface area contributed by atoms with E-state index in [0.29, 0.717) is 17.3 Å². The van der Waals surface area contributed by atoms with E-state index in [1.54, 1.807) is 0 Å². The van der Waals surface area contributed by atoms with Crippen LogP contribution in [0.1, 0.15) is 29.9 Å². The fourth-order valence-electron chi connectivity index (χ4n) is 2.46. The van der Waals surface area contributed by atoms with Gasteiger partial charge in [-0.15, -0.1) is 0 Å². The zero-order valence-electron chi connectivity index (χ0n) is 10.3. The van der Waals surface area contributed by atoms with Crippen LogP contribution in [-0.2, 0) is 19.4 Å². The normalized spacial score (nSPS) is 14.4. The molecule has 0 radical (unpaired) electrons. The molecular formula is C13H14BrN3O2. The van der Waals surface area contributed by atoms with Crippen molar-refractivity contribution in [1.82, 2.24) is 10.1 Å². The molecule has 0 unspecified atom stereocenters. The third-order valence-corrected chi connectivity index (χ3v) is 4.29. The number of rotatable bonds is 2. The quantitative estimate of drug-likeness (QED) is 0.887. The van der Waals surface area contributed by atoms with Gasteiger partial charge in [0.2, 0.25) is 11.7 Å². The lowest BCUT2D eigenvalue weighted by molar-refractivity contribution is 0.380. The minimum absolute atomic E-state index is 0.171. The molecule has 1 aromatic heterocycles. The maximum atomic E-state index is 10.3. The Kier molecular flexibility index (Phi) is 3.28. The van der Waals surface area contributed by atoms with Crippen molar-refractivity contribution in [2.75, 3.05) is 0 Å². The second kappa shape index (κ2) is 4.94. The number of aromatic hydroxyl groups is 1. The SMILES string of the molecule is NCc1nc(-c2cc3c(c(Br)c2O)CCCC3)no1. The number of nitrogens with two attached hydrogens (primary N) is 1. The van der Waals surface area contributed by atoms with E-state index in [0.717, 1.165) is 23.7 Å². The van der Waals surface area contributed by atoms with Gasteiger partial charge in [-0.1, -0.05) is 5.16 Å². The molecule has 0 amide bonds. The van der Waals surface area contributed by atoms with Gasteiger partial charge in [0.25, 0.3) is 0 Å². The van der Waals surface area contributed by atoms with Crippen molar-refractivity contribution in [3.8, 4) is 17.1 Å². The van der Waals surface area contributed by atoms with E-state index in [1.807, 2.05) is 6.07 Å². The third kappa shape index (κ3) is 2.15. The molecular weight excluding hydrogens is 310 g/mol. The predicted molar refractivity (Wildman–Crippen MR) is 73.6 cm³/mol. The van der Waals surface area contributed by atoms with Crippen LogP contribution >= 0.6 is 15.9 Å². The zero-order valence-corrected chi connectivity index (χ0v) is 11.9. The summed E-state index contributed by atoms with van der Waals surface area (Å²) in [5.41, 5.74) is 8.48. The van der Waals surface area contributed by atoms with E-state index in [2.05, 4.69) is 26.1 Å².